The summed E-state index contributed by atoms with van der Waals surface area (Å²) < 4.78 is 0. The maximum atomic E-state index is 3.85. The number of hydrogen-bond acceptors (Lipinski definition) is 1. The molecule has 0 aromatic carbocycles. The molecule has 0 amide bonds. The van der Waals surface area contributed by atoms with Crippen LogP contribution in [0.2, 0.25) is 0 Å². The van der Waals surface area contributed by atoms with Gasteiger partial charge in [0.15, 0.2) is 0 Å². The number of fused-ring (bicyclic) bond motifs is 2. The van der Waals surface area contributed by atoms with Gasteiger partial charge in [0.1, 0.15) is 0 Å². The summed E-state index contributed by atoms with van der Waals surface area (Å²) in [5.74, 6) is 0.954. The molecule has 0 spiro atoms. The Hall–Kier alpha value is -0.0400. The van der Waals surface area contributed by atoms with Gasteiger partial charge in [0.25, 0.3) is 0 Å². The van der Waals surface area contributed by atoms with Crippen LogP contribution in [0.4, 0.5) is 0 Å². The van der Waals surface area contributed by atoms with Gasteiger partial charge in [-0.05, 0) is 41.4 Å². The predicted molar refractivity (Wildman–Crippen MR) is 70.5 cm³/mol. The van der Waals surface area contributed by atoms with Crippen molar-refractivity contribution in [1.29, 1.82) is 0 Å². The minimum atomic E-state index is 0.405. The summed E-state index contributed by atoms with van der Waals surface area (Å²) in [6.07, 6.45) is 4.28. The van der Waals surface area contributed by atoms with Crippen molar-refractivity contribution in [2.45, 2.75) is 66.8 Å². The minimum absolute atomic E-state index is 0.405. The second kappa shape index (κ2) is 3.48. The predicted octanol–water partition coefficient (Wildman–Crippen LogP) is 3.84. The van der Waals surface area contributed by atoms with E-state index in [9.17, 15) is 0 Å². The van der Waals surface area contributed by atoms with E-state index in [0.717, 1.165) is 18.5 Å². The van der Waals surface area contributed by atoms with Crippen LogP contribution >= 0.6 is 0 Å². The molecule has 0 heterocycles. The van der Waals surface area contributed by atoms with Gasteiger partial charge in [-0.1, -0.05) is 41.5 Å². The van der Waals surface area contributed by atoms with Crippen LogP contribution in [0.1, 0.15) is 60.8 Å². The molecule has 0 aliphatic heterocycles. The van der Waals surface area contributed by atoms with Crippen LogP contribution in [0, 0.1) is 22.2 Å². The fourth-order valence-corrected chi connectivity index (χ4v) is 3.94. The number of hydrogen-bond donors (Lipinski definition) is 1. The Bertz CT molecular complexity index is 274. The van der Waals surface area contributed by atoms with Crippen molar-refractivity contribution in [2.24, 2.45) is 22.2 Å². The van der Waals surface area contributed by atoms with E-state index in [1.54, 1.807) is 0 Å². The summed E-state index contributed by atoms with van der Waals surface area (Å²) in [6.45, 7) is 15.6. The lowest BCUT2D eigenvalue weighted by Crippen LogP contribution is -2.46. The summed E-state index contributed by atoms with van der Waals surface area (Å²) in [4.78, 5) is 0. The van der Waals surface area contributed by atoms with Gasteiger partial charge in [-0.15, -0.1) is 0 Å². The van der Waals surface area contributed by atoms with E-state index in [1.807, 2.05) is 0 Å². The van der Waals surface area contributed by atoms with E-state index in [1.165, 1.54) is 19.3 Å². The maximum absolute atomic E-state index is 3.85. The van der Waals surface area contributed by atoms with Crippen LogP contribution in [0.15, 0.2) is 0 Å². The molecule has 1 heteroatoms. The largest absolute Gasteiger partial charge is 0.313 e. The Morgan fingerprint density at radius 2 is 1.81 bits per heavy atom. The molecule has 1 nitrogen and oxygen atoms in total. The van der Waals surface area contributed by atoms with E-state index in [-0.39, 0.29) is 0 Å². The lowest BCUT2D eigenvalue weighted by Gasteiger charge is -2.40. The highest BCUT2D eigenvalue weighted by Crippen LogP contribution is 2.65. The molecular weight excluding hydrogens is 194 g/mol. The summed E-state index contributed by atoms with van der Waals surface area (Å²) in [5, 5.41) is 3.85. The van der Waals surface area contributed by atoms with Crippen LogP contribution in [0.25, 0.3) is 0 Å². The van der Waals surface area contributed by atoms with E-state index in [2.05, 4.69) is 46.9 Å². The van der Waals surface area contributed by atoms with Crippen molar-refractivity contribution >= 4 is 0 Å². The van der Waals surface area contributed by atoms with Gasteiger partial charge < -0.3 is 5.32 Å². The molecule has 3 unspecified atom stereocenters. The quantitative estimate of drug-likeness (QED) is 0.750. The van der Waals surface area contributed by atoms with E-state index in [4.69, 9.17) is 0 Å². The Morgan fingerprint density at radius 3 is 2.19 bits per heavy atom. The molecule has 0 aromatic rings. The highest BCUT2D eigenvalue weighted by molar-refractivity contribution is 5.13. The van der Waals surface area contributed by atoms with Crippen molar-refractivity contribution in [1.82, 2.24) is 5.32 Å². The molecule has 0 aromatic heterocycles. The van der Waals surface area contributed by atoms with E-state index >= 15 is 0 Å². The lowest BCUT2D eigenvalue weighted by atomic mass is 9.69. The zero-order chi connectivity index (χ0) is 12.2. The molecule has 0 radical (unpaired) electrons. The highest BCUT2D eigenvalue weighted by Gasteiger charge is 2.61. The molecule has 0 saturated heterocycles. The van der Waals surface area contributed by atoms with Gasteiger partial charge in [-0.3, -0.25) is 0 Å². The van der Waals surface area contributed by atoms with Gasteiger partial charge in [0.05, 0.1) is 0 Å². The summed E-state index contributed by atoms with van der Waals surface area (Å²) in [7, 11) is 0. The minimum Gasteiger partial charge on any atom is -0.313 e. The molecule has 3 atom stereocenters. The molecule has 94 valence electrons. The second-order valence-corrected chi connectivity index (χ2v) is 8.10. The average molecular weight is 223 g/mol. The Morgan fingerprint density at radius 1 is 1.19 bits per heavy atom. The maximum Gasteiger partial charge on any atom is 0.0129 e. The van der Waals surface area contributed by atoms with E-state index < -0.39 is 0 Å². The van der Waals surface area contributed by atoms with Crippen molar-refractivity contribution in [2.75, 3.05) is 6.54 Å². The second-order valence-electron chi connectivity index (χ2n) is 8.10. The zero-order valence-corrected chi connectivity index (χ0v) is 12.0. The molecule has 1 N–H and O–H groups in total. The Balaban J connectivity index is 2.05. The van der Waals surface area contributed by atoms with Crippen LogP contribution in [0.3, 0.4) is 0 Å². The van der Waals surface area contributed by atoms with Gasteiger partial charge in [-0.25, -0.2) is 0 Å². The SMILES string of the molecule is CC(C)(C)CNC1CC2CCC1(C)C2(C)C. The summed E-state index contributed by atoms with van der Waals surface area (Å²) >= 11 is 0. The standard InChI is InChI=1S/C15H29N/c1-13(2,3)10-16-12-9-11-7-8-15(12,6)14(11,4)5/h11-12,16H,7-10H2,1-6H3. The third-order valence-electron chi connectivity index (χ3n) is 5.67. The smallest absolute Gasteiger partial charge is 0.0129 e. The third kappa shape index (κ3) is 1.72. The van der Waals surface area contributed by atoms with Crippen molar-refractivity contribution < 1.29 is 0 Å². The number of nitrogens with one attached hydrogen (secondary N) is 1. The first-order valence-corrected chi connectivity index (χ1v) is 6.90. The molecule has 16 heavy (non-hydrogen) atoms. The lowest BCUT2D eigenvalue weighted by molar-refractivity contribution is 0.116. The summed E-state index contributed by atoms with van der Waals surface area (Å²) in [5.41, 5.74) is 1.48. The molecule has 2 bridgehead atoms. The fraction of sp³-hybridized carbons (Fsp3) is 1.00. The van der Waals surface area contributed by atoms with Crippen LogP contribution in [-0.2, 0) is 0 Å². The van der Waals surface area contributed by atoms with Crippen molar-refractivity contribution in [3.8, 4) is 0 Å². The van der Waals surface area contributed by atoms with Gasteiger partial charge in [0.2, 0.25) is 0 Å². The number of rotatable bonds is 2. The van der Waals surface area contributed by atoms with Crippen molar-refractivity contribution in [3.05, 3.63) is 0 Å². The fourth-order valence-electron chi connectivity index (χ4n) is 3.94. The zero-order valence-electron chi connectivity index (χ0n) is 12.0. The molecule has 2 saturated carbocycles. The first-order chi connectivity index (χ1) is 7.17. The molecule has 2 aliphatic rings. The monoisotopic (exact) mass is 223 g/mol. The molecular formula is C15H29N. The third-order valence-corrected chi connectivity index (χ3v) is 5.67. The molecule has 2 fully saturated rings. The average Bonchev–Trinajstić information content (AvgIpc) is 2.45. The Kier molecular flexibility index (Phi) is 2.70. The van der Waals surface area contributed by atoms with Gasteiger partial charge in [0, 0.05) is 12.6 Å². The van der Waals surface area contributed by atoms with Crippen molar-refractivity contribution in [3.63, 3.8) is 0 Å². The highest BCUT2D eigenvalue weighted by atomic mass is 15.0. The van der Waals surface area contributed by atoms with Crippen LogP contribution < -0.4 is 5.32 Å². The summed E-state index contributed by atoms with van der Waals surface area (Å²) in [6, 6.07) is 0.750. The molecule has 2 rings (SSSR count). The van der Waals surface area contributed by atoms with Gasteiger partial charge >= 0.3 is 0 Å². The Labute approximate surface area is 101 Å². The van der Waals surface area contributed by atoms with Crippen LogP contribution in [-0.4, -0.2) is 12.6 Å². The topological polar surface area (TPSA) is 12.0 Å². The first kappa shape index (κ1) is 12.4. The first-order valence-electron chi connectivity index (χ1n) is 6.90. The molecule has 2 aliphatic carbocycles. The normalized spacial score (nSPS) is 41.6. The van der Waals surface area contributed by atoms with Crippen LogP contribution in [0.5, 0.6) is 0 Å². The van der Waals surface area contributed by atoms with Gasteiger partial charge in [-0.2, -0.15) is 0 Å². The van der Waals surface area contributed by atoms with E-state index in [0.29, 0.717) is 16.2 Å².